The van der Waals surface area contributed by atoms with Crippen molar-refractivity contribution in [3.05, 3.63) is 29.8 Å². The third kappa shape index (κ3) is 4.37. The Balaban J connectivity index is 0.00000324. The number of hydrogen-bond donors (Lipinski definition) is 1. The van der Waals surface area contributed by atoms with Gasteiger partial charge in [-0.15, -0.1) is 12.4 Å². The fourth-order valence-electron chi connectivity index (χ4n) is 2.43. The zero-order chi connectivity index (χ0) is 13.8. The van der Waals surface area contributed by atoms with Gasteiger partial charge in [-0.05, 0) is 38.2 Å². The molecule has 0 spiro atoms. The third-order valence-electron chi connectivity index (χ3n) is 3.56. The van der Waals surface area contributed by atoms with E-state index in [1.165, 1.54) is 0 Å². The van der Waals surface area contributed by atoms with E-state index in [9.17, 15) is 5.11 Å². The molecule has 0 aromatic heterocycles. The van der Waals surface area contributed by atoms with Crippen LogP contribution in [0.15, 0.2) is 24.3 Å². The van der Waals surface area contributed by atoms with Gasteiger partial charge < -0.3 is 14.7 Å². The number of benzene rings is 1. The minimum atomic E-state index is -0.807. The lowest BCUT2D eigenvalue weighted by atomic mass is 9.80. The van der Waals surface area contributed by atoms with E-state index in [4.69, 9.17) is 4.74 Å². The molecule has 4 heteroatoms. The smallest absolute Gasteiger partial charge is 0.119 e. The molecule has 1 aromatic rings. The third-order valence-corrected chi connectivity index (χ3v) is 3.56. The molecule has 1 unspecified atom stereocenters. The van der Waals surface area contributed by atoms with Gasteiger partial charge in [0.2, 0.25) is 0 Å². The standard InChI is InChI=1S/C15H25NO2.ClH/c1-6-15(17,12(2)11-16(3)4)13-8-7-9-14(10-13)18-5;/h7-10,12,17H,6,11H2,1-5H3;1H/t12-,15?;/m1./s1. The molecule has 0 fully saturated rings. The second kappa shape index (κ2) is 7.73. The molecule has 1 aromatic carbocycles. The van der Waals surface area contributed by atoms with E-state index in [-0.39, 0.29) is 18.3 Å². The molecule has 0 amide bonds. The molecular weight excluding hydrogens is 262 g/mol. The van der Waals surface area contributed by atoms with Crippen LogP contribution in [0.1, 0.15) is 25.8 Å². The van der Waals surface area contributed by atoms with Crippen LogP contribution in [0.5, 0.6) is 5.75 Å². The number of nitrogens with zero attached hydrogens (tertiary/aromatic N) is 1. The van der Waals surface area contributed by atoms with Gasteiger partial charge in [0.1, 0.15) is 5.75 Å². The van der Waals surface area contributed by atoms with Crippen LogP contribution in [0.25, 0.3) is 0 Å². The molecule has 110 valence electrons. The van der Waals surface area contributed by atoms with E-state index in [1.807, 2.05) is 45.3 Å². The van der Waals surface area contributed by atoms with Crippen molar-refractivity contribution in [1.82, 2.24) is 4.90 Å². The summed E-state index contributed by atoms with van der Waals surface area (Å²) in [5.74, 6) is 0.945. The van der Waals surface area contributed by atoms with Crippen molar-refractivity contribution in [2.75, 3.05) is 27.7 Å². The van der Waals surface area contributed by atoms with Crippen LogP contribution in [-0.2, 0) is 5.60 Å². The topological polar surface area (TPSA) is 32.7 Å². The van der Waals surface area contributed by atoms with Crippen LogP contribution < -0.4 is 4.74 Å². The lowest BCUT2D eigenvalue weighted by Gasteiger charge is -2.35. The molecule has 1 N–H and O–H groups in total. The first-order valence-corrected chi connectivity index (χ1v) is 6.45. The van der Waals surface area contributed by atoms with Crippen LogP contribution >= 0.6 is 12.4 Å². The molecule has 0 aliphatic heterocycles. The Hall–Kier alpha value is -0.770. The molecule has 0 saturated carbocycles. The van der Waals surface area contributed by atoms with E-state index in [1.54, 1.807) is 7.11 Å². The fraction of sp³-hybridized carbons (Fsp3) is 0.600. The molecule has 0 aliphatic carbocycles. The highest BCUT2D eigenvalue weighted by atomic mass is 35.5. The molecule has 1 rings (SSSR count). The Morgan fingerprint density at radius 2 is 2.00 bits per heavy atom. The van der Waals surface area contributed by atoms with E-state index >= 15 is 0 Å². The number of aliphatic hydroxyl groups is 1. The largest absolute Gasteiger partial charge is 0.497 e. The molecule has 0 bridgehead atoms. The summed E-state index contributed by atoms with van der Waals surface area (Å²) in [7, 11) is 5.70. The Labute approximate surface area is 123 Å². The average Bonchev–Trinajstić information content (AvgIpc) is 2.37. The predicted molar refractivity (Wildman–Crippen MR) is 82.1 cm³/mol. The molecule has 0 saturated heterocycles. The number of ether oxygens (including phenoxy) is 1. The normalized spacial score (nSPS) is 15.5. The van der Waals surface area contributed by atoms with Crippen molar-refractivity contribution in [3.63, 3.8) is 0 Å². The van der Waals surface area contributed by atoms with Crippen molar-refractivity contribution in [2.45, 2.75) is 25.9 Å². The van der Waals surface area contributed by atoms with Crippen molar-refractivity contribution in [2.24, 2.45) is 5.92 Å². The first kappa shape index (κ1) is 18.2. The van der Waals surface area contributed by atoms with E-state index in [0.717, 1.165) is 17.9 Å². The summed E-state index contributed by atoms with van der Waals surface area (Å²) in [6.07, 6.45) is 0.690. The monoisotopic (exact) mass is 287 g/mol. The molecule has 0 radical (unpaired) electrons. The summed E-state index contributed by atoms with van der Waals surface area (Å²) < 4.78 is 5.23. The lowest BCUT2D eigenvalue weighted by molar-refractivity contribution is -0.0293. The van der Waals surface area contributed by atoms with Crippen LogP contribution in [0.3, 0.4) is 0 Å². The number of rotatable bonds is 6. The van der Waals surface area contributed by atoms with Gasteiger partial charge in [-0.3, -0.25) is 0 Å². The first-order valence-electron chi connectivity index (χ1n) is 6.45. The van der Waals surface area contributed by atoms with E-state index in [0.29, 0.717) is 6.42 Å². The maximum absolute atomic E-state index is 10.9. The number of halogens is 1. The Bertz CT molecular complexity index is 384. The highest BCUT2D eigenvalue weighted by Crippen LogP contribution is 2.34. The zero-order valence-corrected chi connectivity index (χ0v) is 13.3. The maximum Gasteiger partial charge on any atom is 0.119 e. The van der Waals surface area contributed by atoms with Crippen LogP contribution in [0.4, 0.5) is 0 Å². The quantitative estimate of drug-likeness (QED) is 0.873. The van der Waals surface area contributed by atoms with Crippen molar-refractivity contribution >= 4 is 12.4 Å². The average molecular weight is 288 g/mol. The SMILES string of the molecule is CCC(O)(c1cccc(OC)c1)[C@H](C)CN(C)C.Cl. The molecule has 0 aliphatic rings. The molecular formula is C15H26ClNO2. The minimum Gasteiger partial charge on any atom is -0.497 e. The van der Waals surface area contributed by atoms with Crippen LogP contribution in [0.2, 0.25) is 0 Å². The fourth-order valence-corrected chi connectivity index (χ4v) is 2.43. The first-order chi connectivity index (χ1) is 8.43. The van der Waals surface area contributed by atoms with E-state index < -0.39 is 5.60 Å². The van der Waals surface area contributed by atoms with Gasteiger partial charge >= 0.3 is 0 Å². The van der Waals surface area contributed by atoms with Gasteiger partial charge in [-0.25, -0.2) is 0 Å². The molecule has 2 atom stereocenters. The van der Waals surface area contributed by atoms with Crippen molar-refractivity contribution in [1.29, 1.82) is 0 Å². The molecule has 3 nitrogen and oxygen atoms in total. The number of methoxy groups -OCH3 is 1. The maximum atomic E-state index is 10.9. The van der Waals surface area contributed by atoms with Gasteiger partial charge in [0.05, 0.1) is 12.7 Å². The van der Waals surface area contributed by atoms with Gasteiger partial charge in [-0.2, -0.15) is 0 Å². The van der Waals surface area contributed by atoms with Gasteiger partial charge in [0.15, 0.2) is 0 Å². The molecule has 0 heterocycles. The highest BCUT2D eigenvalue weighted by Gasteiger charge is 2.34. The van der Waals surface area contributed by atoms with Crippen molar-refractivity contribution in [3.8, 4) is 5.75 Å². The van der Waals surface area contributed by atoms with Gasteiger partial charge in [0.25, 0.3) is 0 Å². The number of hydrogen-bond acceptors (Lipinski definition) is 3. The van der Waals surface area contributed by atoms with E-state index in [2.05, 4.69) is 11.8 Å². The highest BCUT2D eigenvalue weighted by molar-refractivity contribution is 5.85. The predicted octanol–water partition coefficient (Wildman–Crippen LogP) is 2.91. The van der Waals surface area contributed by atoms with Gasteiger partial charge in [-0.1, -0.05) is 26.0 Å². The summed E-state index contributed by atoms with van der Waals surface area (Å²) in [6, 6.07) is 7.72. The summed E-state index contributed by atoms with van der Waals surface area (Å²) in [4.78, 5) is 2.10. The Kier molecular flexibility index (Phi) is 7.42. The second-order valence-corrected chi connectivity index (χ2v) is 5.17. The minimum absolute atomic E-state index is 0. The summed E-state index contributed by atoms with van der Waals surface area (Å²) in [6.45, 7) is 4.95. The summed E-state index contributed by atoms with van der Waals surface area (Å²) >= 11 is 0. The van der Waals surface area contributed by atoms with Crippen molar-refractivity contribution < 1.29 is 9.84 Å². The Morgan fingerprint density at radius 1 is 1.37 bits per heavy atom. The zero-order valence-electron chi connectivity index (χ0n) is 12.5. The molecule has 19 heavy (non-hydrogen) atoms. The van der Waals surface area contributed by atoms with Crippen LogP contribution in [0, 0.1) is 5.92 Å². The van der Waals surface area contributed by atoms with Crippen LogP contribution in [-0.4, -0.2) is 37.8 Å². The Morgan fingerprint density at radius 3 is 2.47 bits per heavy atom. The van der Waals surface area contributed by atoms with Gasteiger partial charge in [0, 0.05) is 12.5 Å². The second-order valence-electron chi connectivity index (χ2n) is 5.17. The summed E-state index contributed by atoms with van der Waals surface area (Å²) in [5.41, 5.74) is 0.123. The summed E-state index contributed by atoms with van der Waals surface area (Å²) in [5, 5.41) is 10.9. The lowest BCUT2D eigenvalue weighted by Crippen LogP contribution is -2.38.